The van der Waals surface area contributed by atoms with Gasteiger partial charge in [-0.25, -0.2) is 0 Å². The Bertz CT molecular complexity index is 431. The minimum absolute atomic E-state index is 0.160. The molecule has 0 aromatic heterocycles. The Labute approximate surface area is 124 Å². The number of esters is 1. The zero-order valence-electron chi connectivity index (χ0n) is 11.9. The van der Waals surface area contributed by atoms with E-state index in [-0.39, 0.29) is 12.0 Å². The maximum atomic E-state index is 11.7. The van der Waals surface area contributed by atoms with Crippen molar-refractivity contribution in [1.82, 2.24) is 5.32 Å². The molecule has 4 nitrogen and oxygen atoms in total. The third-order valence-corrected chi connectivity index (χ3v) is 4.28. The first kappa shape index (κ1) is 15.2. The van der Waals surface area contributed by atoms with Crippen molar-refractivity contribution in [1.29, 1.82) is 0 Å². The third-order valence-electron chi connectivity index (χ3n) is 3.23. The van der Waals surface area contributed by atoms with Crippen molar-refractivity contribution in [3.05, 3.63) is 24.3 Å². The molecular formula is C15H21NO3S. The number of rotatable bonds is 8. The predicted molar refractivity (Wildman–Crippen MR) is 80.3 cm³/mol. The molecule has 0 bridgehead atoms. The summed E-state index contributed by atoms with van der Waals surface area (Å²) in [5.74, 6) is 1.58. The minimum Gasteiger partial charge on any atom is -0.497 e. The van der Waals surface area contributed by atoms with Gasteiger partial charge in [0.15, 0.2) is 0 Å². The van der Waals surface area contributed by atoms with Crippen LogP contribution in [0.1, 0.15) is 19.3 Å². The van der Waals surface area contributed by atoms with Crippen LogP contribution in [-0.2, 0) is 9.53 Å². The van der Waals surface area contributed by atoms with Crippen LogP contribution < -0.4 is 10.1 Å². The lowest BCUT2D eigenvalue weighted by atomic mass is 10.2. The molecule has 0 spiro atoms. The Balaban J connectivity index is 1.77. The van der Waals surface area contributed by atoms with Gasteiger partial charge in [0.1, 0.15) is 11.8 Å². The number of thioether (sulfide) groups is 1. The largest absolute Gasteiger partial charge is 0.497 e. The van der Waals surface area contributed by atoms with Gasteiger partial charge in [-0.2, -0.15) is 0 Å². The lowest BCUT2D eigenvalue weighted by Crippen LogP contribution is -2.39. The summed E-state index contributed by atoms with van der Waals surface area (Å²) in [7, 11) is 3.10. The number of hydrogen-bond acceptors (Lipinski definition) is 5. The van der Waals surface area contributed by atoms with Crippen LogP contribution >= 0.6 is 11.8 Å². The van der Waals surface area contributed by atoms with E-state index in [1.807, 2.05) is 24.3 Å². The fourth-order valence-electron chi connectivity index (χ4n) is 1.91. The summed E-state index contributed by atoms with van der Waals surface area (Å²) in [4.78, 5) is 12.9. The number of nitrogens with one attached hydrogen (secondary N) is 1. The van der Waals surface area contributed by atoms with Crippen LogP contribution in [0.2, 0.25) is 0 Å². The number of carbonyl (C=O) groups excluding carboxylic acids is 1. The molecule has 1 fully saturated rings. The fourth-order valence-corrected chi connectivity index (χ4v) is 2.83. The van der Waals surface area contributed by atoms with Crippen molar-refractivity contribution < 1.29 is 14.3 Å². The molecule has 1 atom stereocenters. The summed E-state index contributed by atoms with van der Waals surface area (Å²) < 4.78 is 9.97. The summed E-state index contributed by atoms with van der Waals surface area (Å²) in [6, 6.07) is 8.28. The number of benzene rings is 1. The first-order valence-electron chi connectivity index (χ1n) is 6.83. The van der Waals surface area contributed by atoms with Crippen LogP contribution in [-0.4, -0.2) is 38.0 Å². The first-order chi connectivity index (χ1) is 9.72. The van der Waals surface area contributed by atoms with Gasteiger partial charge in [0.2, 0.25) is 0 Å². The van der Waals surface area contributed by atoms with Gasteiger partial charge in [-0.15, -0.1) is 11.8 Å². The Hall–Kier alpha value is -1.20. The summed E-state index contributed by atoms with van der Waals surface area (Å²) in [5, 5.41) is 3.34. The summed E-state index contributed by atoms with van der Waals surface area (Å²) in [6.45, 7) is 0. The molecule has 1 aromatic rings. The molecule has 20 heavy (non-hydrogen) atoms. The minimum atomic E-state index is -0.182. The highest BCUT2D eigenvalue weighted by Gasteiger charge is 2.28. The lowest BCUT2D eigenvalue weighted by molar-refractivity contribution is -0.143. The third kappa shape index (κ3) is 4.72. The maximum absolute atomic E-state index is 11.7. The van der Waals surface area contributed by atoms with Gasteiger partial charge in [0.05, 0.1) is 14.2 Å². The van der Waals surface area contributed by atoms with Crippen molar-refractivity contribution in [2.45, 2.75) is 36.2 Å². The van der Waals surface area contributed by atoms with E-state index < -0.39 is 0 Å². The molecule has 1 saturated carbocycles. The van der Waals surface area contributed by atoms with E-state index in [0.29, 0.717) is 6.04 Å². The van der Waals surface area contributed by atoms with E-state index in [0.717, 1.165) is 17.9 Å². The zero-order chi connectivity index (χ0) is 14.4. The quantitative estimate of drug-likeness (QED) is 0.590. The SMILES string of the molecule is COC(=O)C(CCSc1ccc(OC)cc1)NC1CC1. The second kappa shape index (κ2) is 7.55. The van der Waals surface area contributed by atoms with Crippen LogP contribution in [0.15, 0.2) is 29.2 Å². The normalized spacial score (nSPS) is 15.7. The second-order valence-electron chi connectivity index (χ2n) is 4.83. The van der Waals surface area contributed by atoms with Crippen molar-refractivity contribution in [2.24, 2.45) is 0 Å². The van der Waals surface area contributed by atoms with Crippen LogP contribution in [0.25, 0.3) is 0 Å². The van der Waals surface area contributed by atoms with Gasteiger partial charge in [-0.05, 0) is 43.5 Å². The molecule has 1 aliphatic rings. The molecule has 110 valence electrons. The van der Waals surface area contributed by atoms with E-state index in [9.17, 15) is 4.79 Å². The van der Waals surface area contributed by atoms with Gasteiger partial charge in [0.25, 0.3) is 0 Å². The Morgan fingerprint density at radius 2 is 2.05 bits per heavy atom. The number of hydrogen-bond donors (Lipinski definition) is 1. The van der Waals surface area contributed by atoms with Crippen LogP contribution in [0.3, 0.4) is 0 Å². The monoisotopic (exact) mass is 295 g/mol. The van der Waals surface area contributed by atoms with E-state index in [4.69, 9.17) is 9.47 Å². The Kier molecular flexibility index (Phi) is 5.73. The molecule has 1 N–H and O–H groups in total. The van der Waals surface area contributed by atoms with Crippen molar-refractivity contribution in [3.63, 3.8) is 0 Å². The highest BCUT2D eigenvalue weighted by molar-refractivity contribution is 7.99. The molecule has 0 amide bonds. The first-order valence-corrected chi connectivity index (χ1v) is 7.82. The molecule has 0 saturated heterocycles. The van der Waals surface area contributed by atoms with Gasteiger partial charge in [0, 0.05) is 16.7 Å². The number of ether oxygens (including phenoxy) is 2. The van der Waals surface area contributed by atoms with E-state index in [2.05, 4.69) is 5.32 Å². The van der Waals surface area contributed by atoms with Gasteiger partial charge in [-0.1, -0.05) is 0 Å². The highest BCUT2D eigenvalue weighted by Crippen LogP contribution is 2.24. The molecule has 0 aliphatic heterocycles. The number of methoxy groups -OCH3 is 2. The standard InChI is InChI=1S/C15H21NO3S/c1-18-12-5-7-13(8-6-12)20-10-9-14(15(17)19-2)16-11-3-4-11/h5-8,11,14,16H,3-4,9-10H2,1-2H3. The van der Waals surface area contributed by atoms with Crippen molar-refractivity contribution >= 4 is 17.7 Å². The van der Waals surface area contributed by atoms with E-state index in [1.165, 1.54) is 24.8 Å². The molecule has 0 heterocycles. The topological polar surface area (TPSA) is 47.6 Å². The molecule has 2 rings (SSSR count). The smallest absolute Gasteiger partial charge is 0.322 e. The van der Waals surface area contributed by atoms with Crippen LogP contribution in [0, 0.1) is 0 Å². The fraction of sp³-hybridized carbons (Fsp3) is 0.533. The van der Waals surface area contributed by atoms with E-state index in [1.54, 1.807) is 18.9 Å². The van der Waals surface area contributed by atoms with Crippen molar-refractivity contribution in [3.8, 4) is 5.75 Å². The summed E-state index contributed by atoms with van der Waals surface area (Å²) in [5.41, 5.74) is 0. The summed E-state index contributed by atoms with van der Waals surface area (Å²) in [6.07, 6.45) is 3.11. The summed E-state index contributed by atoms with van der Waals surface area (Å²) >= 11 is 1.74. The molecule has 1 unspecified atom stereocenters. The second-order valence-corrected chi connectivity index (χ2v) is 6.00. The molecule has 1 aliphatic carbocycles. The molecular weight excluding hydrogens is 274 g/mol. The average Bonchev–Trinajstić information content (AvgIpc) is 3.30. The van der Waals surface area contributed by atoms with Gasteiger partial charge >= 0.3 is 5.97 Å². The van der Waals surface area contributed by atoms with Crippen molar-refractivity contribution in [2.75, 3.05) is 20.0 Å². The molecule has 1 aromatic carbocycles. The molecule has 0 radical (unpaired) electrons. The van der Waals surface area contributed by atoms with Gasteiger partial charge in [-0.3, -0.25) is 4.79 Å². The Morgan fingerprint density at radius 1 is 1.35 bits per heavy atom. The average molecular weight is 295 g/mol. The van der Waals surface area contributed by atoms with E-state index >= 15 is 0 Å². The van der Waals surface area contributed by atoms with Crippen LogP contribution in [0.4, 0.5) is 0 Å². The Morgan fingerprint density at radius 3 is 2.60 bits per heavy atom. The number of carbonyl (C=O) groups is 1. The lowest BCUT2D eigenvalue weighted by Gasteiger charge is -2.15. The van der Waals surface area contributed by atoms with Crippen LogP contribution in [0.5, 0.6) is 5.75 Å². The molecule has 5 heteroatoms. The zero-order valence-corrected chi connectivity index (χ0v) is 12.7. The van der Waals surface area contributed by atoms with Gasteiger partial charge < -0.3 is 14.8 Å². The highest BCUT2D eigenvalue weighted by atomic mass is 32.2. The maximum Gasteiger partial charge on any atom is 0.322 e. The predicted octanol–water partition coefficient (Wildman–Crippen LogP) is 2.47.